The zero-order valence-electron chi connectivity index (χ0n) is 13.2. The zero-order valence-corrected chi connectivity index (χ0v) is 14.0. The molecule has 4 rings (SSSR count). The first-order valence-electron chi connectivity index (χ1n) is 7.73. The smallest absolute Gasteiger partial charge is 0.437 e. The molecule has 9 nitrogen and oxygen atoms in total. The van der Waals surface area contributed by atoms with Gasteiger partial charge in [-0.15, -0.1) is 0 Å². The summed E-state index contributed by atoms with van der Waals surface area (Å²) in [6, 6.07) is 0. The van der Waals surface area contributed by atoms with Gasteiger partial charge in [-0.3, -0.25) is 0 Å². The Kier molecular flexibility index (Phi) is 3.69. The molecule has 0 amide bonds. The van der Waals surface area contributed by atoms with E-state index in [9.17, 15) is 21.6 Å². The van der Waals surface area contributed by atoms with Crippen LogP contribution in [0.3, 0.4) is 0 Å². The van der Waals surface area contributed by atoms with Crippen molar-refractivity contribution in [2.24, 2.45) is 10.6 Å². The Morgan fingerprint density at radius 3 is 2.62 bits per heavy atom. The minimum absolute atomic E-state index is 0.0973. The van der Waals surface area contributed by atoms with Crippen LogP contribution in [0.15, 0.2) is 15.3 Å². The van der Waals surface area contributed by atoms with Crippen LogP contribution in [0.2, 0.25) is 0 Å². The Hall–Kier alpha value is -1.99. The first-order chi connectivity index (χ1) is 12.1. The van der Waals surface area contributed by atoms with Gasteiger partial charge in [-0.1, -0.05) is 5.16 Å². The van der Waals surface area contributed by atoms with Crippen LogP contribution in [0.4, 0.5) is 13.2 Å². The summed E-state index contributed by atoms with van der Waals surface area (Å²) in [5, 5.41) is 8.90. The molecular formula is C13H14F3N5O4S. The van der Waals surface area contributed by atoms with E-state index in [0.717, 1.165) is 0 Å². The second kappa shape index (κ2) is 5.50. The van der Waals surface area contributed by atoms with Crippen molar-refractivity contribution in [3.05, 3.63) is 17.9 Å². The number of rotatable bonds is 3. The van der Waals surface area contributed by atoms with Gasteiger partial charge in [-0.05, 0) is 24.7 Å². The van der Waals surface area contributed by atoms with Crippen LogP contribution in [0, 0.1) is 5.41 Å². The molecule has 2 fully saturated rings. The van der Waals surface area contributed by atoms with Crippen LogP contribution in [-0.2, 0) is 16.4 Å². The van der Waals surface area contributed by atoms with Gasteiger partial charge in [0, 0.05) is 19.0 Å². The Balaban J connectivity index is 1.50. The summed E-state index contributed by atoms with van der Waals surface area (Å²) in [6.07, 6.45) is -2.16. The van der Waals surface area contributed by atoms with Crippen LogP contribution in [-0.4, -0.2) is 40.9 Å². The van der Waals surface area contributed by atoms with E-state index < -0.39 is 27.8 Å². The molecule has 1 aliphatic carbocycles. The van der Waals surface area contributed by atoms with Gasteiger partial charge in [-0.2, -0.15) is 30.9 Å². The van der Waals surface area contributed by atoms with Crippen molar-refractivity contribution in [2.45, 2.75) is 31.4 Å². The lowest BCUT2D eigenvalue weighted by molar-refractivity contribution is -0.140. The van der Waals surface area contributed by atoms with Crippen molar-refractivity contribution >= 4 is 10.2 Å². The van der Waals surface area contributed by atoms with Crippen molar-refractivity contribution in [3.63, 3.8) is 0 Å². The lowest BCUT2D eigenvalue weighted by Crippen LogP contribution is -2.43. The van der Waals surface area contributed by atoms with Gasteiger partial charge < -0.3 is 8.94 Å². The van der Waals surface area contributed by atoms with Gasteiger partial charge in [0.05, 0.1) is 0 Å². The third-order valence-electron chi connectivity index (χ3n) is 5.05. The SMILES string of the molecule is NS(=O)(=O)N1CCC2(CC1)C[C@H]2c1noc(-c2ocnc2C(F)(F)F)n1. The highest BCUT2D eigenvalue weighted by atomic mass is 32.2. The van der Waals surface area contributed by atoms with E-state index in [0.29, 0.717) is 38.7 Å². The Labute approximate surface area is 145 Å². The molecule has 1 spiro atoms. The maximum atomic E-state index is 12.9. The van der Waals surface area contributed by atoms with Crippen molar-refractivity contribution < 1.29 is 30.5 Å². The molecule has 2 N–H and O–H groups in total. The molecule has 2 aromatic rings. The van der Waals surface area contributed by atoms with E-state index in [2.05, 4.69) is 15.1 Å². The monoisotopic (exact) mass is 393 g/mol. The highest BCUT2D eigenvalue weighted by Gasteiger charge is 2.58. The number of hydrogen-bond acceptors (Lipinski definition) is 7. The van der Waals surface area contributed by atoms with E-state index in [1.165, 1.54) is 4.31 Å². The van der Waals surface area contributed by atoms with Crippen molar-refractivity contribution in [3.8, 4) is 11.7 Å². The standard InChI is InChI=1S/C13H14F3N5O4S/c14-13(15,16)9-8(24-6-18-9)11-19-10(20-25-11)7-5-12(7)1-3-21(4-2-12)26(17,22)23/h6-7H,1-5H2,(H2,17,22,23)/t7-/m0/s1. The summed E-state index contributed by atoms with van der Waals surface area (Å²) in [6.45, 7) is 0.584. The minimum atomic E-state index is -4.70. The third kappa shape index (κ3) is 2.89. The maximum Gasteiger partial charge on any atom is 0.437 e. The molecule has 1 saturated heterocycles. The van der Waals surface area contributed by atoms with Crippen molar-refractivity contribution in [1.82, 2.24) is 19.4 Å². The fourth-order valence-electron chi connectivity index (χ4n) is 3.52. The van der Waals surface area contributed by atoms with Crippen molar-refractivity contribution in [2.75, 3.05) is 13.1 Å². The molecule has 2 aliphatic rings. The average Bonchev–Trinajstić information content (AvgIpc) is 2.98. The number of alkyl halides is 3. The molecule has 2 aromatic heterocycles. The number of nitrogens with two attached hydrogens (primary N) is 1. The Bertz CT molecular complexity index is 930. The number of piperidine rings is 1. The average molecular weight is 393 g/mol. The predicted octanol–water partition coefficient (Wildman–Crippen LogP) is 1.52. The maximum absolute atomic E-state index is 12.9. The molecule has 0 aromatic carbocycles. The van der Waals surface area contributed by atoms with Crippen LogP contribution >= 0.6 is 0 Å². The lowest BCUT2D eigenvalue weighted by atomic mass is 9.92. The van der Waals surface area contributed by atoms with Gasteiger partial charge in [0.25, 0.3) is 16.1 Å². The van der Waals surface area contributed by atoms with Crippen LogP contribution in [0.25, 0.3) is 11.7 Å². The van der Waals surface area contributed by atoms with E-state index in [1.54, 1.807) is 0 Å². The van der Waals surface area contributed by atoms with Crippen LogP contribution < -0.4 is 5.14 Å². The molecule has 1 atom stereocenters. The third-order valence-corrected chi connectivity index (χ3v) is 6.14. The van der Waals surface area contributed by atoms with Crippen LogP contribution in [0.5, 0.6) is 0 Å². The van der Waals surface area contributed by atoms with Gasteiger partial charge in [0.1, 0.15) is 0 Å². The first kappa shape index (κ1) is 17.4. The summed E-state index contributed by atoms with van der Waals surface area (Å²) in [4.78, 5) is 7.19. The Morgan fingerprint density at radius 1 is 1.31 bits per heavy atom. The molecule has 13 heteroatoms. The number of hydrogen-bond donors (Lipinski definition) is 1. The van der Waals surface area contributed by atoms with Crippen LogP contribution in [0.1, 0.15) is 36.7 Å². The second-order valence-corrected chi connectivity index (χ2v) is 8.09. The molecular weight excluding hydrogens is 379 g/mol. The number of halogens is 3. The van der Waals surface area contributed by atoms with E-state index >= 15 is 0 Å². The number of oxazole rings is 1. The molecule has 26 heavy (non-hydrogen) atoms. The molecule has 0 unspecified atom stereocenters. The van der Waals surface area contributed by atoms with Crippen molar-refractivity contribution in [1.29, 1.82) is 0 Å². The topological polar surface area (TPSA) is 128 Å². The quantitative estimate of drug-likeness (QED) is 0.837. The first-order valence-corrected chi connectivity index (χ1v) is 9.23. The summed E-state index contributed by atoms with van der Waals surface area (Å²) >= 11 is 0. The normalized spacial score (nSPS) is 23.5. The van der Waals surface area contributed by atoms with E-state index in [1.807, 2.05) is 0 Å². The molecule has 3 heterocycles. The highest BCUT2D eigenvalue weighted by molar-refractivity contribution is 7.86. The lowest BCUT2D eigenvalue weighted by Gasteiger charge is -2.30. The highest BCUT2D eigenvalue weighted by Crippen LogP contribution is 2.64. The number of nitrogens with zero attached hydrogens (tertiary/aromatic N) is 4. The van der Waals surface area contributed by atoms with Gasteiger partial charge >= 0.3 is 6.18 Å². The van der Waals surface area contributed by atoms with Gasteiger partial charge in [0.2, 0.25) is 5.76 Å². The Morgan fingerprint density at radius 2 is 2.00 bits per heavy atom. The summed E-state index contributed by atoms with van der Waals surface area (Å²) < 4.78 is 72.3. The zero-order chi connectivity index (χ0) is 18.7. The summed E-state index contributed by atoms with van der Waals surface area (Å²) in [5.74, 6) is -0.808. The van der Waals surface area contributed by atoms with E-state index in [-0.39, 0.29) is 23.0 Å². The summed E-state index contributed by atoms with van der Waals surface area (Å²) in [7, 11) is -3.72. The fraction of sp³-hybridized carbons (Fsp3) is 0.615. The number of aromatic nitrogens is 3. The molecule has 1 aliphatic heterocycles. The van der Waals surface area contributed by atoms with E-state index in [4.69, 9.17) is 14.1 Å². The summed E-state index contributed by atoms with van der Waals surface area (Å²) in [5.41, 5.74) is -1.39. The molecule has 0 radical (unpaired) electrons. The molecule has 142 valence electrons. The molecule has 1 saturated carbocycles. The largest absolute Gasteiger partial charge is 0.438 e. The second-order valence-electron chi connectivity index (χ2n) is 6.55. The fourth-order valence-corrected chi connectivity index (χ4v) is 4.21. The molecule has 0 bridgehead atoms. The van der Waals surface area contributed by atoms with Gasteiger partial charge in [-0.25, -0.2) is 10.1 Å². The van der Waals surface area contributed by atoms with Gasteiger partial charge in [0.15, 0.2) is 17.9 Å². The predicted molar refractivity (Wildman–Crippen MR) is 78.5 cm³/mol. The minimum Gasteiger partial charge on any atom is -0.438 e.